The molecule has 1 heterocycles. The Kier molecular flexibility index (Phi) is 22.6. The van der Waals surface area contributed by atoms with Crippen molar-refractivity contribution in [1.29, 1.82) is 0 Å². The molecule has 12 heteroatoms. The van der Waals surface area contributed by atoms with Crippen molar-refractivity contribution in [2.24, 2.45) is 0 Å². The molecule has 162 valence electrons. The Morgan fingerprint density at radius 2 is 0.800 bits per heavy atom. The molecule has 9 nitrogen and oxygen atoms in total. The third-order valence-electron chi connectivity index (χ3n) is 2.15. The Hall–Kier alpha value is -1.67. The second-order valence-electron chi connectivity index (χ2n) is 4.68. The molecule has 4 N–H and O–H groups in total. The van der Waals surface area contributed by atoms with Gasteiger partial charge in [0, 0.05) is 11.9 Å². The number of hydrogen-bond donors (Lipinski definition) is 4. The normalized spacial score (nSPS) is 9.10. The average molecular weight is 470 g/mol. The van der Waals surface area contributed by atoms with Crippen molar-refractivity contribution >= 4 is 50.4 Å². The molecule has 3 aromatic rings. The van der Waals surface area contributed by atoms with Crippen molar-refractivity contribution in [3.8, 4) is 0 Å². The van der Waals surface area contributed by atoms with Gasteiger partial charge in [-0.05, 0) is 19.1 Å². The first-order valence-electron chi connectivity index (χ1n) is 7.67. The summed E-state index contributed by atoms with van der Waals surface area (Å²) in [5.41, 5.74) is 1.07. The Morgan fingerprint density at radius 3 is 0.900 bits per heavy atom. The molecule has 30 heavy (non-hydrogen) atoms. The van der Waals surface area contributed by atoms with Crippen LogP contribution in [0.25, 0.3) is 0 Å². The molecule has 0 atom stereocenters. The van der Waals surface area contributed by atoms with E-state index in [9.17, 15) is 0 Å². The van der Waals surface area contributed by atoms with Gasteiger partial charge in [0.1, 0.15) is 0 Å². The summed E-state index contributed by atoms with van der Waals surface area (Å²) in [6.45, 7) is 1.97. The molecule has 0 saturated carbocycles. The van der Waals surface area contributed by atoms with Crippen LogP contribution in [0, 0.1) is 6.92 Å². The van der Waals surface area contributed by atoms with Crippen LogP contribution in [0.2, 0.25) is 0 Å². The molecule has 0 amide bonds. The Labute approximate surface area is 199 Å². The van der Waals surface area contributed by atoms with Gasteiger partial charge in [-0.25, -0.2) is 0 Å². The van der Waals surface area contributed by atoms with Crippen molar-refractivity contribution in [1.82, 2.24) is 4.98 Å². The monoisotopic (exact) mass is 469 g/mol. The van der Waals surface area contributed by atoms with Crippen LogP contribution < -0.4 is 0 Å². The average Bonchev–Trinajstić information content (AvgIpc) is 2.64. The molecular formula is C18H24NNaO8S2. The van der Waals surface area contributed by atoms with Gasteiger partial charge in [0.05, 0.1) is 0 Å². The Morgan fingerprint density at radius 1 is 0.567 bits per heavy atom. The fourth-order valence-electron chi connectivity index (χ4n) is 1.22. The van der Waals surface area contributed by atoms with Gasteiger partial charge in [0.15, 0.2) is 0 Å². The molecule has 0 aliphatic carbocycles. The molecule has 0 unspecified atom stereocenters. The first-order chi connectivity index (χ1) is 13.4. The number of rotatable bonds is 0. The van der Waals surface area contributed by atoms with E-state index in [1.807, 2.05) is 97.9 Å². The Bertz CT molecular complexity index is 797. The predicted molar refractivity (Wildman–Crippen MR) is 117 cm³/mol. The SMILES string of the molecule is Cc1ccccn1.O=S(=O)(O)O.O=S(=O)(O)O.[NaH].c1ccccc1.c1ccccc1. The first kappa shape index (κ1) is 33.0. The van der Waals surface area contributed by atoms with Crippen molar-refractivity contribution in [2.75, 3.05) is 0 Å². The summed E-state index contributed by atoms with van der Waals surface area (Å²) in [5, 5.41) is 0. The minimum atomic E-state index is -4.67. The standard InChI is InChI=1S/C6H7N.2C6H6.Na.2H2O4S.H/c1-6-4-2-3-5-7-6;2*1-2-4-6-5-3-1;;2*1-5(2,3)4;/h2-5H,1H3;2*1-6H;;2*(H2,1,2,3,4);. The number of aromatic nitrogens is 1. The Balaban J connectivity index is -0.000000304. The van der Waals surface area contributed by atoms with Crippen LogP contribution in [-0.4, -0.2) is 69.6 Å². The van der Waals surface area contributed by atoms with Gasteiger partial charge < -0.3 is 0 Å². The zero-order chi connectivity index (χ0) is 22.6. The quantitative estimate of drug-likeness (QED) is 0.286. The van der Waals surface area contributed by atoms with Crippen LogP contribution in [0.15, 0.2) is 97.2 Å². The van der Waals surface area contributed by atoms with E-state index in [0.29, 0.717) is 0 Å². The van der Waals surface area contributed by atoms with E-state index in [4.69, 9.17) is 35.0 Å². The van der Waals surface area contributed by atoms with Crippen molar-refractivity contribution in [3.05, 3.63) is 103 Å². The topological polar surface area (TPSA) is 162 Å². The molecule has 0 fully saturated rings. The number of aryl methyl sites for hydroxylation is 1. The van der Waals surface area contributed by atoms with E-state index in [1.165, 1.54) is 0 Å². The van der Waals surface area contributed by atoms with E-state index < -0.39 is 20.8 Å². The third kappa shape index (κ3) is 50.3. The van der Waals surface area contributed by atoms with Crippen molar-refractivity contribution < 1.29 is 35.0 Å². The summed E-state index contributed by atoms with van der Waals surface area (Å²) >= 11 is 0. The van der Waals surface area contributed by atoms with Gasteiger partial charge in [0.2, 0.25) is 0 Å². The molecule has 0 radical (unpaired) electrons. The van der Waals surface area contributed by atoms with Gasteiger partial charge in [-0.2, -0.15) is 16.8 Å². The molecule has 0 bridgehead atoms. The first-order valence-corrected chi connectivity index (χ1v) is 10.5. The van der Waals surface area contributed by atoms with Crippen LogP contribution in [-0.2, 0) is 20.8 Å². The summed E-state index contributed by atoms with van der Waals surface area (Å²) in [6.07, 6.45) is 1.79. The third-order valence-corrected chi connectivity index (χ3v) is 2.15. The second-order valence-corrected chi connectivity index (χ2v) is 6.47. The van der Waals surface area contributed by atoms with Crippen LogP contribution >= 0.6 is 0 Å². The minimum absolute atomic E-state index is 0. The summed E-state index contributed by atoms with van der Waals surface area (Å²) in [5.74, 6) is 0. The maximum Gasteiger partial charge on any atom is -0.0623 e. The molecule has 0 spiro atoms. The summed E-state index contributed by atoms with van der Waals surface area (Å²) < 4.78 is 63.2. The summed E-state index contributed by atoms with van der Waals surface area (Å²) in [6, 6.07) is 29.9. The molecule has 0 aliphatic heterocycles. The van der Waals surface area contributed by atoms with Crippen LogP contribution in [0.1, 0.15) is 5.69 Å². The number of nitrogens with zero attached hydrogens (tertiary/aromatic N) is 1. The number of pyridine rings is 1. The maximum atomic E-state index is 8.74. The van der Waals surface area contributed by atoms with Crippen molar-refractivity contribution in [3.63, 3.8) is 0 Å². The van der Waals surface area contributed by atoms with Gasteiger partial charge >= 0.3 is 50.4 Å². The van der Waals surface area contributed by atoms with Crippen LogP contribution in [0.5, 0.6) is 0 Å². The molecule has 0 aliphatic rings. The van der Waals surface area contributed by atoms with E-state index in [1.54, 1.807) is 6.20 Å². The molecule has 3 rings (SSSR count). The van der Waals surface area contributed by atoms with E-state index >= 15 is 0 Å². The fourth-order valence-corrected chi connectivity index (χ4v) is 1.22. The van der Waals surface area contributed by atoms with Gasteiger partial charge in [-0.3, -0.25) is 23.2 Å². The largest absolute Gasteiger partial charge is 0.0623 e. The summed E-state index contributed by atoms with van der Waals surface area (Å²) in [7, 11) is -9.33. The van der Waals surface area contributed by atoms with Gasteiger partial charge in [-0.15, -0.1) is 0 Å². The number of benzene rings is 2. The van der Waals surface area contributed by atoms with E-state index in [0.717, 1.165) is 5.69 Å². The molecule has 1 aromatic heterocycles. The van der Waals surface area contributed by atoms with Crippen LogP contribution in [0.4, 0.5) is 0 Å². The van der Waals surface area contributed by atoms with Gasteiger partial charge in [0.25, 0.3) is 0 Å². The zero-order valence-electron chi connectivity index (χ0n) is 15.4. The zero-order valence-corrected chi connectivity index (χ0v) is 17.1. The molecule has 0 saturated heterocycles. The van der Waals surface area contributed by atoms with E-state index in [-0.39, 0.29) is 29.6 Å². The van der Waals surface area contributed by atoms with Crippen LogP contribution in [0.3, 0.4) is 0 Å². The van der Waals surface area contributed by atoms with E-state index in [2.05, 4.69) is 4.98 Å². The molecule has 2 aromatic carbocycles. The summed E-state index contributed by atoms with van der Waals surface area (Å²) in [4.78, 5) is 3.98. The second kappa shape index (κ2) is 20.6. The maximum absolute atomic E-state index is 8.74. The van der Waals surface area contributed by atoms with Gasteiger partial charge in [-0.1, -0.05) is 78.9 Å². The smallest absolute Gasteiger partial charge is 0.0623 e. The van der Waals surface area contributed by atoms with Crippen molar-refractivity contribution in [2.45, 2.75) is 6.92 Å². The predicted octanol–water partition coefficient (Wildman–Crippen LogP) is 2.81. The fraction of sp³-hybridized carbons (Fsp3) is 0.0556. The number of hydrogen-bond acceptors (Lipinski definition) is 5. The minimum Gasteiger partial charge on any atom is -0.0623 e. The molecular weight excluding hydrogens is 445 g/mol.